The number of aromatic nitrogens is 2. The molecule has 13 heavy (non-hydrogen) atoms. The van der Waals surface area contributed by atoms with E-state index < -0.39 is 6.03 Å². The number of rotatable bonds is 2. The zero-order valence-corrected chi connectivity index (χ0v) is 7.48. The minimum atomic E-state index is -0.598. The molecule has 6 heteroatoms. The van der Waals surface area contributed by atoms with Crippen LogP contribution in [0.2, 0.25) is 0 Å². The number of nitrogens with zero attached hydrogens (tertiary/aromatic N) is 3. The molecule has 0 saturated heterocycles. The summed E-state index contributed by atoms with van der Waals surface area (Å²) in [7, 11) is 1.49. The van der Waals surface area contributed by atoms with E-state index in [9.17, 15) is 4.79 Å². The van der Waals surface area contributed by atoms with Gasteiger partial charge in [-0.2, -0.15) is 10.2 Å². The molecule has 0 fully saturated rings. The van der Waals surface area contributed by atoms with Gasteiger partial charge in [-0.1, -0.05) is 0 Å². The molecule has 6 nitrogen and oxygen atoms in total. The topological polar surface area (TPSA) is 87.4 Å². The van der Waals surface area contributed by atoms with Gasteiger partial charge in [-0.15, -0.1) is 0 Å². The van der Waals surface area contributed by atoms with Crippen LogP contribution in [0.4, 0.5) is 4.79 Å². The Morgan fingerprint density at radius 1 is 1.77 bits per heavy atom. The van der Waals surface area contributed by atoms with Crippen LogP contribution in [0, 0.1) is 0 Å². The van der Waals surface area contributed by atoms with Crippen LogP contribution in [0.15, 0.2) is 17.4 Å². The number of urea groups is 1. The van der Waals surface area contributed by atoms with Crippen molar-refractivity contribution in [3.05, 3.63) is 18.0 Å². The van der Waals surface area contributed by atoms with Crippen molar-refractivity contribution in [2.24, 2.45) is 10.8 Å². The van der Waals surface area contributed by atoms with Gasteiger partial charge in [0.15, 0.2) is 0 Å². The Bertz CT molecular complexity index is 316. The number of hydrogen-bond acceptors (Lipinski definition) is 3. The molecule has 0 aliphatic rings. The highest BCUT2D eigenvalue weighted by Gasteiger charge is 2.03. The van der Waals surface area contributed by atoms with Crippen LogP contribution >= 0.6 is 0 Å². The largest absolute Gasteiger partial charge is 0.350 e. The smallest absolute Gasteiger partial charge is 0.334 e. The predicted molar refractivity (Wildman–Crippen MR) is 48.1 cm³/mol. The predicted octanol–water partition coefficient (Wildman–Crippen LogP) is 0.144. The van der Waals surface area contributed by atoms with Gasteiger partial charge in [-0.25, -0.2) is 9.80 Å². The van der Waals surface area contributed by atoms with Crippen LogP contribution in [-0.2, 0) is 0 Å². The fraction of sp³-hybridized carbons (Fsp3) is 0.286. The van der Waals surface area contributed by atoms with Crippen molar-refractivity contribution in [2.75, 3.05) is 7.05 Å². The number of carbonyl (C=O) groups excluding carboxylic acids is 1. The number of amides is 2. The molecule has 1 heterocycles. The monoisotopic (exact) mass is 181 g/mol. The van der Waals surface area contributed by atoms with Crippen LogP contribution in [0.5, 0.6) is 0 Å². The molecule has 1 aromatic heterocycles. The molecule has 0 spiro atoms. The van der Waals surface area contributed by atoms with Crippen molar-refractivity contribution in [2.45, 2.75) is 6.92 Å². The maximum atomic E-state index is 10.6. The average Bonchev–Trinajstić information content (AvgIpc) is 2.55. The lowest BCUT2D eigenvalue weighted by Crippen LogP contribution is -2.28. The van der Waals surface area contributed by atoms with Crippen LogP contribution in [-0.4, -0.2) is 34.0 Å². The van der Waals surface area contributed by atoms with Gasteiger partial charge >= 0.3 is 6.03 Å². The van der Waals surface area contributed by atoms with Crippen molar-refractivity contribution in [3.63, 3.8) is 0 Å². The van der Waals surface area contributed by atoms with Gasteiger partial charge in [-0.05, 0) is 13.0 Å². The van der Waals surface area contributed by atoms with E-state index in [1.54, 1.807) is 19.2 Å². The molecule has 1 rings (SSSR count). The number of primary amides is 1. The van der Waals surface area contributed by atoms with Crippen molar-refractivity contribution in [1.82, 2.24) is 15.2 Å². The second-order valence-corrected chi connectivity index (χ2v) is 2.52. The number of nitrogens with one attached hydrogen (secondary N) is 1. The Morgan fingerprint density at radius 3 is 2.92 bits per heavy atom. The van der Waals surface area contributed by atoms with Gasteiger partial charge in [0.25, 0.3) is 0 Å². The summed E-state index contributed by atoms with van der Waals surface area (Å²) in [5.41, 5.74) is 6.40. The summed E-state index contributed by atoms with van der Waals surface area (Å²) in [5, 5.41) is 11.5. The fourth-order valence-electron chi connectivity index (χ4n) is 0.786. The summed E-state index contributed by atoms with van der Waals surface area (Å²) in [4.78, 5) is 10.6. The van der Waals surface area contributed by atoms with Crippen LogP contribution in [0.3, 0.4) is 0 Å². The third-order valence-corrected chi connectivity index (χ3v) is 1.51. The molecule has 0 aliphatic heterocycles. The SMILES string of the molecule is C/C(=N/N(C)C(N)=O)c1ccn[nH]1. The maximum absolute atomic E-state index is 10.6. The third-order valence-electron chi connectivity index (χ3n) is 1.51. The molecule has 1 aromatic rings. The summed E-state index contributed by atoms with van der Waals surface area (Å²) in [5.74, 6) is 0. The highest BCUT2D eigenvalue weighted by Crippen LogP contribution is 1.96. The summed E-state index contributed by atoms with van der Waals surface area (Å²) < 4.78 is 0. The molecule has 0 radical (unpaired) electrons. The maximum Gasteiger partial charge on any atom is 0.334 e. The first-order valence-corrected chi connectivity index (χ1v) is 3.69. The molecule has 0 bridgehead atoms. The zero-order valence-electron chi connectivity index (χ0n) is 7.48. The van der Waals surface area contributed by atoms with Crippen molar-refractivity contribution in [3.8, 4) is 0 Å². The standard InChI is InChI=1S/C7H11N5O/c1-5(6-3-4-9-10-6)11-12(2)7(8)13/h3-4H,1-2H3,(H2,8,13)(H,9,10)/b11-5-. The highest BCUT2D eigenvalue weighted by atomic mass is 16.2. The van der Waals surface area contributed by atoms with E-state index in [2.05, 4.69) is 15.3 Å². The second kappa shape index (κ2) is 3.70. The van der Waals surface area contributed by atoms with Crippen LogP contribution < -0.4 is 5.73 Å². The van der Waals surface area contributed by atoms with Crippen molar-refractivity contribution >= 4 is 11.7 Å². The summed E-state index contributed by atoms with van der Waals surface area (Å²) in [6.07, 6.45) is 1.61. The Labute approximate surface area is 75.4 Å². The zero-order chi connectivity index (χ0) is 9.84. The molecule has 70 valence electrons. The van der Waals surface area contributed by atoms with Gasteiger partial charge in [-0.3, -0.25) is 5.10 Å². The Kier molecular flexibility index (Phi) is 2.63. The molecule has 0 saturated carbocycles. The van der Waals surface area contributed by atoms with Gasteiger partial charge in [0, 0.05) is 13.2 Å². The first-order valence-electron chi connectivity index (χ1n) is 3.69. The summed E-state index contributed by atoms with van der Waals surface area (Å²) in [6, 6.07) is 1.16. The number of nitrogens with two attached hydrogens (primary N) is 1. The summed E-state index contributed by atoms with van der Waals surface area (Å²) in [6.45, 7) is 1.76. The number of carbonyl (C=O) groups is 1. The van der Waals surface area contributed by atoms with Gasteiger partial charge < -0.3 is 5.73 Å². The van der Waals surface area contributed by atoms with Gasteiger partial charge in [0.2, 0.25) is 0 Å². The second-order valence-electron chi connectivity index (χ2n) is 2.52. The number of H-pyrrole nitrogens is 1. The molecule has 2 amide bonds. The van der Waals surface area contributed by atoms with Crippen molar-refractivity contribution < 1.29 is 4.79 Å². The minimum absolute atomic E-state index is 0.598. The molecule has 0 aliphatic carbocycles. The lowest BCUT2D eigenvalue weighted by Gasteiger charge is -2.07. The highest BCUT2D eigenvalue weighted by molar-refractivity contribution is 5.97. The average molecular weight is 181 g/mol. The Morgan fingerprint density at radius 2 is 2.46 bits per heavy atom. The van der Waals surface area contributed by atoms with Gasteiger partial charge in [0.05, 0.1) is 11.4 Å². The van der Waals surface area contributed by atoms with E-state index in [-0.39, 0.29) is 0 Å². The third kappa shape index (κ3) is 2.29. The van der Waals surface area contributed by atoms with Gasteiger partial charge in [0.1, 0.15) is 0 Å². The lowest BCUT2D eigenvalue weighted by atomic mass is 10.3. The number of hydrazone groups is 1. The Balaban J connectivity index is 2.78. The molecule has 0 aromatic carbocycles. The molecule has 0 atom stereocenters. The lowest BCUT2D eigenvalue weighted by molar-refractivity contribution is 0.220. The van der Waals surface area contributed by atoms with Crippen LogP contribution in [0.1, 0.15) is 12.6 Å². The quantitative estimate of drug-likeness (QED) is 0.502. The van der Waals surface area contributed by atoms with E-state index >= 15 is 0 Å². The number of hydrogen-bond donors (Lipinski definition) is 2. The normalized spacial score (nSPS) is 11.4. The first-order chi connectivity index (χ1) is 6.11. The van der Waals surface area contributed by atoms with Crippen LogP contribution in [0.25, 0.3) is 0 Å². The molecular weight excluding hydrogens is 170 g/mol. The Hall–Kier alpha value is -1.85. The van der Waals surface area contributed by atoms with E-state index in [1.165, 1.54) is 7.05 Å². The molecule has 3 N–H and O–H groups in total. The van der Waals surface area contributed by atoms with Crippen molar-refractivity contribution in [1.29, 1.82) is 0 Å². The van der Waals surface area contributed by atoms with E-state index in [0.29, 0.717) is 5.71 Å². The summed E-state index contributed by atoms with van der Waals surface area (Å²) >= 11 is 0. The fourth-order valence-corrected chi connectivity index (χ4v) is 0.786. The number of aromatic amines is 1. The van der Waals surface area contributed by atoms with E-state index in [1.807, 2.05) is 0 Å². The first kappa shape index (κ1) is 9.24. The van der Waals surface area contributed by atoms with E-state index in [4.69, 9.17) is 5.73 Å². The van der Waals surface area contributed by atoms with E-state index in [0.717, 1.165) is 10.7 Å². The minimum Gasteiger partial charge on any atom is -0.350 e. The molecular formula is C7H11N5O. The molecule has 0 unspecified atom stereocenters.